The number of hydrogen-bond donors (Lipinski definition) is 2. The van der Waals surface area contributed by atoms with Gasteiger partial charge in [0, 0.05) is 48.4 Å². The first-order valence-corrected chi connectivity index (χ1v) is 12.1. The third-order valence-corrected chi connectivity index (χ3v) is 6.34. The van der Waals surface area contributed by atoms with Gasteiger partial charge >= 0.3 is 0 Å². The number of fused-ring (bicyclic) bond motifs is 1. The molecule has 1 saturated heterocycles. The summed E-state index contributed by atoms with van der Waals surface area (Å²) in [6, 6.07) is 10.0. The lowest BCUT2D eigenvalue weighted by molar-refractivity contribution is -0.130. The molecule has 1 fully saturated rings. The summed E-state index contributed by atoms with van der Waals surface area (Å²) >= 11 is 0. The van der Waals surface area contributed by atoms with E-state index in [1.165, 1.54) is 23.8 Å². The van der Waals surface area contributed by atoms with E-state index in [2.05, 4.69) is 15.5 Å². The highest BCUT2D eigenvalue weighted by Gasteiger charge is 2.30. The van der Waals surface area contributed by atoms with Crippen LogP contribution in [0.3, 0.4) is 0 Å². The van der Waals surface area contributed by atoms with Crippen molar-refractivity contribution in [3.05, 3.63) is 58.9 Å². The Balaban J connectivity index is 1.37. The lowest BCUT2D eigenvalue weighted by Crippen LogP contribution is -2.39. The fourth-order valence-corrected chi connectivity index (χ4v) is 4.41. The molecule has 9 heteroatoms. The van der Waals surface area contributed by atoms with Gasteiger partial charge in [-0.2, -0.15) is 0 Å². The lowest BCUT2D eigenvalue weighted by Gasteiger charge is -2.16. The van der Waals surface area contributed by atoms with Crippen molar-refractivity contribution in [3.63, 3.8) is 0 Å². The molecule has 3 amide bonds. The van der Waals surface area contributed by atoms with Gasteiger partial charge < -0.3 is 15.0 Å². The summed E-state index contributed by atoms with van der Waals surface area (Å²) in [5, 5.41) is 5.49. The molecule has 2 aliphatic rings. The van der Waals surface area contributed by atoms with Gasteiger partial charge in [-0.25, -0.2) is 4.39 Å². The van der Waals surface area contributed by atoms with E-state index in [1.54, 1.807) is 31.2 Å². The summed E-state index contributed by atoms with van der Waals surface area (Å²) in [5.74, 6) is -0.897. The molecule has 0 saturated carbocycles. The van der Waals surface area contributed by atoms with E-state index in [0.717, 1.165) is 25.2 Å². The number of imide groups is 1. The summed E-state index contributed by atoms with van der Waals surface area (Å²) in [7, 11) is 0. The zero-order valence-corrected chi connectivity index (χ0v) is 19.9. The number of halogens is 1. The van der Waals surface area contributed by atoms with Gasteiger partial charge in [0.15, 0.2) is 0 Å². The molecule has 2 N–H and O–H groups in total. The second-order valence-electron chi connectivity index (χ2n) is 8.82. The summed E-state index contributed by atoms with van der Waals surface area (Å²) in [4.78, 5) is 40.0. The van der Waals surface area contributed by atoms with Crippen LogP contribution in [-0.2, 0) is 22.7 Å². The Hall–Kier alpha value is -3.46. The van der Waals surface area contributed by atoms with E-state index in [0.29, 0.717) is 29.2 Å². The van der Waals surface area contributed by atoms with Crippen molar-refractivity contribution in [2.24, 2.45) is 0 Å². The van der Waals surface area contributed by atoms with E-state index < -0.39 is 5.91 Å². The molecule has 186 valence electrons. The van der Waals surface area contributed by atoms with Gasteiger partial charge in [0.2, 0.25) is 11.8 Å². The van der Waals surface area contributed by atoms with Crippen molar-refractivity contribution in [2.45, 2.75) is 39.3 Å². The van der Waals surface area contributed by atoms with E-state index in [1.807, 2.05) is 6.07 Å². The van der Waals surface area contributed by atoms with Crippen LogP contribution in [0.4, 0.5) is 10.1 Å². The van der Waals surface area contributed by atoms with Gasteiger partial charge in [0.05, 0.1) is 0 Å². The fourth-order valence-electron chi connectivity index (χ4n) is 4.41. The van der Waals surface area contributed by atoms with Gasteiger partial charge in [-0.05, 0) is 56.3 Å². The van der Waals surface area contributed by atoms with Crippen LogP contribution in [0.1, 0.15) is 47.7 Å². The minimum atomic E-state index is -0.517. The van der Waals surface area contributed by atoms with Crippen LogP contribution in [0.5, 0.6) is 5.75 Å². The maximum atomic E-state index is 14.5. The van der Waals surface area contributed by atoms with Crippen LogP contribution in [0, 0.1) is 5.82 Å². The predicted molar refractivity (Wildman–Crippen MR) is 130 cm³/mol. The van der Waals surface area contributed by atoms with Crippen molar-refractivity contribution in [3.8, 4) is 5.75 Å². The van der Waals surface area contributed by atoms with Crippen LogP contribution >= 0.6 is 0 Å². The van der Waals surface area contributed by atoms with Crippen LogP contribution in [0.15, 0.2) is 36.4 Å². The number of anilines is 1. The number of carbonyl (C=O) groups is 3. The molecule has 35 heavy (non-hydrogen) atoms. The monoisotopic (exact) mass is 482 g/mol. The molecule has 0 atom stereocenters. The number of nitrogens with zero attached hydrogens (tertiary/aromatic N) is 2. The molecule has 0 bridgehead atoms. The van der Waals surface area contributed by atoms with Crippen molar-refractivity contribution < 1.29 is 23.5 Å². The zero-order chi connectivity index (χ0) is 24.8. The molecule has 0 radical (unpaired) electrons. The fraction of sp³-hybridized carbons (Fsp3) is 0.423. The quantitative estimate of drug-likeness (QED) is 0.541. The highest BCUT2D eigenvalue weighted by molar-refractivity contribution is 6.03. The first kappa shape index (κ1) is 24.7. The summed E-state index contributed by atoms with van der Waals surface area (Å²) in [6.45, 7) is 5.51. The van der Waals surface area contributed by atoms with Crippen molar-refractivity contribution in [1.82, 2.24) is 15.1 Å². The number of likely N-dealkylation sites (tertiary alicyclic amines) is 1. The van der Waals surface area contributed by atoms with E-state index in [4.69, 9.17) is 4.74 Å². The number of amides is 3. The molecule has 2 aromatic carbocycles. The van der Waals surface area contributed by atoms with Crippen LogP contribution in [0.25, 0.3) is 0 Å². The number of nitrogens with one attached hydrogen (secondary N) is 2. The van der Waals surface area contributed by atoms with Crippen molar-refractivity contribution in [2.75, 3.05) is 38.1 Å². The van der Waals surface area contributed by atoms with Crippen molar-refractivity contribution in [1.29, 1.82) is 0 Å². The Kier molecular flexibility index (Phi) is 7.97. The molecule has 0 aromatic heterocycles. The number of carbonyl (C=O) groups excluding carboxylic acids is 3. The third kappa shape index (κ3) is 6.16. The van der Waals surface area contributed by atoms with Crippen LogP contribution in [-0.4, -0.2) is 60.3 Å². The first-order valence-electron chi connectivity index (χ1n) is 12.1. The number of hydrogen-bond acceptors (Lipinski definition) is 6. The van der Waals surface area contributed by atoms with Crippen LogP contribution < -0.4 is 15.4 Å². The predicted octanol–water partition coefficient (Wildman–Crippen LogP) is 2.92. The highest BCUT2D eigenvalue weighted by Crippen LogP contribution is 2.30. The first-order chi connectivity index (χ1) is 16.9. The Bertz CT molecular complexity index is 1100. The summed E-state index contributed by atoms with van der Waals surface area (Å²) in [5.41, 5.74) is 2.39. The third-order valence-electron chi connectivity index (χ3n) is 6.34. The van der Waals surface area contributed by atoms with Crippen LogP contribution in [0.2, 0.25) is 0 Å². The van der Waals surface area contributed by atoms with Gasteiger partial charge in [0.25, 0.3) is 5.91 Å². The second kappa shape index (κ2) is 11.3. The smallest absolute Gasteiger partial charge is 0.255 e. The SMILES string of the molecule is CCC(=O)NC(=O)CN1Cc2c(NCc3cc(OCCN4CCCC4)ccc3F)cccc2C1=O. The molecule has 8 nitrogen and oxygen atoms in total. The average Bonchev–Trinajstić information content (AvgIpc) is 3.47. The number of rotatable bonds is 10. The Morgan fingerprint density at radius 3 is 2.69 bits per heavy atom. The highest BCUT2D eigenvalue weighted by atomic mass is 19.1. The minimum Gasteiger partial charge on any atom is -0.492 e. The molecule has 2 aliphatic heterocycles. The largest absolute Gasteiger partial charge is 0.492 e. The molecular formula is C26H31FN4O4. The maximum Gasteiger partial charge on any atom is 0.255 e. The van der Waals surface area contributed by atoms with Gasteiger partial charge in [-0.3, -0.25) is 24.6 Å². The van der Waals surface area contributed by atoms with E-state index in [9.17, 15) is 18.8 Å². The Morgan fingerprint density at radius 1 is 1.11 bits per heavy atom. The molecule has 0 aliphatic carbocycles. The van der Waals surface area contributed by atoms with Crippen molar-refractivity contribution >= 4 is 23.4 Å². The molecule has 0 spiro atoms. The lowest BCUT2D eigenvalue weighted by atomic mass is 10.1. The maximum absolute atomic E-state index is 14.5. The number of ether oxygens (including phenoxy) is 1. The standard InChI is InChI=1S/C26H31FN4O4/c1-2-24(32)29-25(33)17-31-16-21-20(26(31)34)6-5-7-23(21)28-15-18-14-19(8-9-22(18)27)35-13-12-30-10-3-4-11-30/h5-9,14,28H,2-4,10-13,15-17H2,1H3,(H,29,32,33). The summed E-state index contributed by atoms with van der Waals surface area (Å²) < 4.78 is 20.3. The molecule has 2 heterocycles. The minimum absolute atomic E-state index is 0.190. The molecule has 0 unspecified atom stereocenters. The second-order valence-corrected chi connectivity index (χ2v) is 8.82. The topological polar surface area (TPSA) is 91.0 Å². The van der Waals surface area contributed by atoms with Gasteiger partial charge in [0.1, 0.15) is 24.7 Å². The normalized spacial score (nSPS) is 15.3. The van der Waals surface area contributed by atoms with Gasteiger partial charge in [-0.1, -0.05) is 13.0 Å². The summed E-state index contributed by atoms with van der Waals surface area (Å²) in [6.07, 6.45) is 2.64. The van der Waals surface area contributed by atoms with E-state index >= 15 is 0 Å². The molecular weight excluding hydrogens is 451 g/mol. The average molecular weight is 483 g/mol. The Labute approximate surface area is 204 Å². The number of benzene rings is 2. The van der Waals surface area contributed by atoms with E-state index in [-0.39, 0.29) is 43.7 Å². The molecule has 2 aromatic rings. The zero-order valence-electron chi connectivity index (χ0n) is 19.9. The molecule has 4 rings (SSSR count). The Morgan fingerprint density at radius 2 is 1.91 bits per heavy atom. The van der Waals surface area contributed by atoms with Gasteiger partial charge in [-0.15, -0.1) is 0 Å².